The summed E-state index contributed by atoms with van der Waals surface area (Å²) in [5.74, 6) is -0.621. The van der Waals surface area contributed by atoms with Crippen LogP contribution in [0.25, 0.3) is 37.2 Å². The Morgan fingerprint density at radius 2 is 2.00 bits per heavy atom. The van der Waals surface area contributed by atoms with E-state index in [-0.39, 0.29) is 34.3 Å². The van der Waals surface area contributed by atoms with E-state index in [9.17, 15) is 19.1 Å². The van der Waals surface area contributed by atoms with Crippen LogP contribution in [-0.4, -0.2) is 42.7 Å². The number of benzene rings is 1. The van der Waals surface area contributed by atoms with Gasteiger partial charge in [-0.2, -0.15) is 5.10 Å². The molecule has 0 saturated carbocycles. The molecule has 0 bridgehead atoms. The molecule has 9 nitrogen and oxygen atoms in total. The van der Waals surface area contributed by atoms with Gasteiger partial charge < -0.3 is 9.84 Å². The number of nitrogens with zero attached hydrogens (tertiary/aromatic N) is 5. The summed E-state index contributed by atoms with van der Waals surface area (Å²) in [6.07, 6.45) is 4.61. The summed E-state index contributed by atoms with van der Waals surface area (Å²) < 4.78 is 23.3. The summed E-state index contributed by atoms with van der Waals surface area (Å²) in [4.78, 5) is 31.8. The van der Waals surface area contributed by atoms with E-state index in [2.05, 4.69) is 10.1 Å². The third kappa shape index (κ3) is 3.31. The van der Waals surface area contributed by atoms with Gasteiger partial charge in [0.1, 0.15) is 4.70 Å². The molecule has 0 aliphatic carbocycles. The average Bonchev–Trinajstić information content (AvgIpc) is 3.42. The molecule has 12 heteroatoms. The highest BCUT2D eigenvalue weighted by Crippen LogP contribution is 2.39. The van der Waals surface area contributed by atoms with Gasteiger partial charge in [-0.05, 0) is 18.2 Å². The summed E-state index contributed by atoms with van der Waals surface area (Å²) in [6.45, 7) is -0.362. The van der Waals surface area contributed by atoms with Crippen molar-refractivity contribution in [2.45, 2.75) is 6.54 Å². The molecule has 0 radical (unpaired) electrons. The highest BCUT2D eigenvalue weighted by atomic mass is 35.5. The van der Waals surface area contributed by atoms with Crippen LogP contribution >= 0.6 is 22.9 Å². The topological polar surface area (TPSA) is 104 Å². The summed E-state index contributed by atoms with van der Waals surface area (Å²) in [5.41, 5.74) is 0.445. The fourth-order valence-corrected chi connectivity index (χ4v) is 5.39. The van der Waals surface area contributed by atoms with Crippen molar-refractivity contribution < 1.29 is 14.2 Å². The van der Waals surface area contributed by atoms with Gasteiger partial charge in [-0.25, -0.2) is 13.8 Å². The second-order valence-corrected chi connectivity index (χ2v) is 8.91. The first-order valence-corrected chi connectivity index (χ1v) is 11.2. The molecule has 0 saturated heterocycles. The lowest BCUT2D eigenvalue weighted by atomic mass is 10.1. The summed E-state index contributed by atoms with van der Waals surface area (Å²) in [7, 11) is 3.04. The van der Waals surface area contributed by atoms with Crippen molar-refractivity contribution in [3.05, 3.63) is 68.5 Å². The van der Waals surface area contributed by atoms with Gasteiger partial charge in [-0.15, -0.1) is 11.3 Å². The normalized spacial score (nSPS) is 11.6. The zero-order chi connectivity index (χ0) is 24.1. The van der Waals surface area contributed by atoms with E-state index in [1.165, 1.54) is 23.9 Å². The number of hydrogen-bond acceptors (Lipinski definition) is 7. The van der Waals surface area contributed by atoms with Gasteiger partial charge in [-0.1, -0.05) is 11.6 Å². The molecule has 0 aliphatic rings. The van der Waals surface area contributed by atoms with Crippen molar-refractivity contribution in [1.82, 2.24) is 23.9 Å². The van der Waals surface area contributed by atoms with Crippen LogP contribution in [0.15, 0.2) is 46.4 Å². The molecule has 0 aliphatic heterocycles. The van der Waals surface area contributed by atoms with Gasteiger partial charge in [0, 0.05) is 29.1 Å². The predicted octanol–water partition coefficient (Wildman–Crippen LogP) is 2.96. The molecule has 0 unspecified atom stereocenters. The van der Waals surface area contributed by atoms with Crippen molar-refractivity contribution >= 4 is 44.1 Å². The first-order chi connectivity index (χ1) is 16.3. The van der Waals surface area contributed by atoms with Gasteiger partial charge >= 0.3 is 5.69 Å². The minimum Gasteiger partial charge on any atom is -0.494 e. The smallest absolute Gasteiger partial charge is 0.336 e. The number of aliphatic hydroxyl groups is 1. The summed E-state index contributed by atoms with van der Waals surface area (Å²) in [6, 6.07) is 4.20. The quantitative estimate of drug-likeness (QED) is 0.397. The zero-order valence-electron chi connectivity index (χ0n) is 18.0. The summed E-state index contributed by atoms with van der Waals surface area (Å²) in [5, 5.41) is 14.6. The van der Waals surface area contributed by atoms with Gasteiger partial charge in [0.05, 0.1) is 54.4 Å². The van der Waals surface area contributed by atoms with E-state index in [4.69, 9.17) is 16.3 Å². The first-order valence-electron chi connectivity index (χ1n) is 10.1. The molecule has 5 rings (SSSR count). The van der Waals surface area contributed by atoms with Crippen molar-refractivity contribution in [3.8, 4) is 21.9 Å². The third-order valence-corrected chi connectivity index (χ3v) is 6.97. The second-order valence-electron chi connectivity index (χ2n) is 7.45. The van der Waals surface area contributed by atoms with Crippen LogP contribution in [0.3, 0.4) is 0 Å². The largest absolute Gasteiger partial charge is 0.494 e. The lowest BCUT2D eigenvalue weighted by Gasteiger charge is -2.12. The Balaban J connectivity index is 1.85. The number of methoxy groups -OCH3 is 1. The lowest BCUT2D eigenvalue weighted by molar-refractivity contribution is 0.275. The second kappa shape index (κ2) is 8.35. The Hall–Kier alpha value is -3.54. The number of rotatable bonds is 5. The van der Waals surface area contributed by atoms with E-state index in [0.29, 0.717) is 26.9 Å². The van der Waals surface area contributed by atoms with E-state index in [1.54, 1.807) is 30.2 Å². The van der Waals surface area contributed by atoms with Crippen molar-refractivity contribution in [1.29, 1.82) is 0 Å². The lowest BCUT2D eigenvalue weighted by Crippen LogP contribution is -2.39. The Kier molecular flexibility index (Phi) is 5.47. The van der Waals surface area contributed by atoms with E-state index < -0.39 is 17.1 Å². The maximum Gasteiger partial charge on any atom is 0.336 e. The molecule has 1 N–H and O–H groups in total. The van der Waals surface area contributed by atoms with Crippen LogP contribution in [0.2, 0.25) is 5.02 Å². The van der Waals surface area contributed by atoms with Crippen LogP contribution in [-0.2, 0) is 13.6 Å². The van der Waals surface area contributed by atoms with E-state index in [1.807, 2.05) is 0 Å². The number of fused-ring (bicyclic) bond motifs is 2. The molecule has 4 heterocycles. The summed E-state index contributed by atoms with van der Waals surface area (Å²) >= 11 is 7.40. The zero-order valence-corrected chi connectivity index (χ0v) is 19.5. The van der Waals surface area contributed by atoms with Crippen LogP contribution < -0.4 is 16.0 Å². The predicted molar refractivity (Wildman–Crippen MR) is 128 cm³/mol. The highest BCUT2D eigenvalue weighted by Gasteiger charge is 2.22. The molecule has 1 aromatic carbocycles. The average molecular weight is 502 g/mol. The number of halogens is 2. The number of ether oxygens (including phenoxy) is 1. The molecule has 174 valence electrons. The molecule has 4 aromatic heterocycles. The number of aryl methyl sites for hydroxylation is 1. The Labute approximate surface area is 199 Å². The fraction of sp³-hybridized carbons (Fsp3) is 0.182. The minimum atomic E-state index is -0.630. The van der Waals surface area contributed by atoms with Crippen LogP contribution in [0, 0.1) is 5.82 Å². The molecule has 0 spiro atoms. The van der Waals surface area contributed by atoms with Crippen molar-refractivity contribution in [2.24, 2.45) is 7.05 Å². The van der Waals surface area contributed by atoms with E-state index >= 15 is 0 Å². The number of aromatic nitrogens is 5. The maximum absolute atomic E-state index is 14.1. The molecule has 0 fully saturated rings. The number of thiophene rings is 1. The van der Waals surface area contributed by atoms with Crippen LogP contribution in [0.5, 0.6) is 5.75 Å². The van der Waals surface area contributed by atoms with Crippen LogP contribution in [0.4, 0.5) is 4.39 Å². The van der Waals surface area contributed by atoms with Gasteiger partial charge in [0.15, 0.2) is 11.6 Å². The van der Waals surface area contributed by atoms with Gasteiger partial charge in [0.25, 0.3) is 5.56 Å². The molecule has 0 amide bonds. The number of pyridine rings is 1. The third-order valence-electron chi connectivity index (χ3n) is 5.51. The maximum atomic E-state index is 14.1. The standard InChI is InChI=1S/C22H17ClFN5O4S/c1-27-19-11(9-26-27)8-25-10-16(19)29-21(31)20-15(28(3-4-30)22(29)32)7-18(34-20)12-5-17(33-2)14(24)6-13(12)23/h5-10,30H,3-4H2,1-2H3. The van der Waals surface area contributed by atoms with Crippen molar-refractivity contribution in [3.63, 3.8) is 0 Å². The van der Waals surface area contributed by atoms with Crippen LogP contribution in [0.1, 0.15) is 0 Å². The van der Waals surface area contributed by atoms with Gasteiger partial charge in [0.2, 0.25) is 0 Å². The minimum absolute atomic E-state index is 0.00373. The molecular formula is C22H17ClFN5O4S. The highest BCUT2D eigenvalue weighted by molar-refractivity contribution is 7.22. The molecule has 5 aromatic rings. The Morgan fingerprint density at radius 3 is 2.74 bits per heavy atom. The molecule has 0 atom stereocenters. The Morgan fingerprint density at radius 1 is 1.21 bits per heavy atom. The Bertz CT molecular complexity index is 1700. The fourth-order valence-electron chi connectivity index (χ4n) is 3.96. The first kappa shape index (κ1) is 22.3. The number of hydrogen-bond donors (Lipinski definition) is 1. The molecular weight excluding hydrogens is 485 g/mol. The molecule has 34 heavy (non-hydrogen) atoms. The van der Waals surface area contributed by atoms with E-state index in [0.717, 1.165) is 22.0 Å². The SMILES string of the molecule is COc1cc(-c2cc3c(s2)c(=O)n(-c2cncc4cnn(C)c24)c(=O)n3CCO)c(Cl)cc1F. The monoisotopic (exact) mass is 501 g/mol. The number of aliphatic hydroxyl groups excluding tert-OH is 1. The van der Waals surface area contributed by atoms with Gasteiger partial charge in [-0.3, -0.25) is 19.0 Å². The van der Waals surface area contributed by atoms with Crippen molar-refractivity contribution in [2.75, 3.05) is 13.7 Å².